The summed E-state index contributed by atoms with van der Waals surface area (Å²) in [5, 5.41) is 19.2. The second kappa shape index (κ2) is 11.4. The number of pyridine rings is 1. The number of aromatic nitrogens is 1. The number of carbonyl (C=O) groups excluding carboxylic acids is 3. The molecule has 2 amide bonds. The fourth-order valence-corrected chi connectivity index (χ4v) is 5.39. The average Bonchev–Trinajstić information content (AvgIpc) is 3.20. The van der Waals surface area contributed by atoms with Crippen molar-refractivity contribution in [3.63, 3.8) is 0 Å². The molecule has 39 heavy (non-hydrogen) atoms. The number of nitrogens with zero attached hydrogens (tertiary/aromatic N) is 4. The maximum atomic E-state index is 13.3. The largest absolute Gasteiger partial charge is 0.462 e. The van der Waals surface area contributed by atoms with Gasteiger partial charge in [-0.15, -0.1) is 0 Å². The van der Waals surface area contributed by atoms with E-state index in [1.807, 2.05) is 30.3 Å². The van der Waals surface area contributed by atoms with Gasteiger partial charge in [0.15, 0.2) is 0 Å². The lowest BCUT2D eigenvalue weighted by Crippen LogP contribution is -2.31. The highest BCUT2D eigenvalue weighted by atomic mass is 32.2. The summed E-state index contributed by atoms with van der Waals surface area (Å²) in [4.78, 5) is 43.4. The molecule has 1 aliphatic rings. The number of thioether (sulfide) groups is 1. The van der Waals surface area contributed by atoms with Crippen molar-refractivity contribution in [3.05, 3.63) is 70.8 Å². The first kappa shape index (κ1) is 27.4. The van der Waals surface area contributed by atoms with Crippen molar-refractivity contribution in [2.75, 3.05) is 17.2 Å². The number of anilines is 2. The normalized spacial score (nSPS) is 14.8. The zero-order valence-electron chi connectivity index (χ0n) is 21.6. The van der Waals surface area contributed by atoms with Crippen LogP contribution in [0.1, 0.15) is 60.2 Å². The number of esters is 1. The Labute approximate surface area is 230 Å². The molecule has 2 aromatic carbocycles. The number of rotatable bonds is 7. The third-order valence-electron chi connectivity index (χ3n) is 6.28. The van der Waals surface area contributed by atoms with Crippen molar-refractivity contribution >= 4 is 41.1 Å². The lowest BCUT2D eigenvalue weighted by atomic mass is 9.94. The van der Waals surface area contributed by atoms with Crippen LogP contribution in [0, 0.1) is 22.7 Å². The van der Waals surface area contributed by atoms with Crippen LogP contribution >= 0.6 is 11.8 Å². The highest BCUT2D eigenvalue weighted by molar-refractivity contribution is 8.00. The van der Waals surface area contributed by atoms with E-state index in [4.69, 9.17) is 10.5 Å². The second-order valence-electron chi connectivity index (χ2n) is 9.07. The van der Waals surface area contributed by atoms with E-state index in [0.717, 1.165) is 22.2 Å². The molecular formula is C29H25N5O4S. The highest BCUT2D eigenvalue weighted by Gasteiger charge is 2.41. The number of nitrogens with two attached hydrogens (primary N) is 1. The average molecular weight is 540 g/mol. The molecule has 2 heterocycles. The van der Waals surface area contributed by atoms with E-state index in [2.05, 4.69) is 24.9 Å². The highest BCUT2D eigenvalue weighted by Crippen LogP contribution is 2.40. The van der Waals surface area contributed by atoms with E-state index in [-0.39, 0.29) is 35.0 Å². The molecule has 0 spiro atoms. The van der Waals surface area contributed by atoms with Crippen molar-refractivity contribution in [2.45, 2.75) is 43.4 Å². The Kier molecular flexibility index (Phi) is 7.99. The molecule has 1 saturated heterocycles. The topological polar surface area (TPSA) is 150 Å². The molecule has 9 nitrogen and oxygen atoms in total. The Bertz CT molecular complexity index is 1540. The van der Waals surface area contributed by atoms with Crippen LogP contribution in [-0.4, -0.2) is 34.6 Å². The van der Waals surface area contributed by atoms with Gasteiger partial charge in [0.1, 0.15) is 28.5 Å². The van der Waals surface area contributed by atoms with Crippen molar-refractivity contribution in [2.24, 2.45) is 0 Å². The van der Waals surface area contributed by atoms with E-state index >= 15 is 0 Å². The molecule has 0 aliphatic carbocycles. The fourth-order valence-electron chi connectivity index (χ4n) is 4.27. The van der Waals surface area contributed by atoms with Gasteiger partial charge in [-0.05, 0) is 48.2 Å². The van der Waals surface area contributed by atoms with Gasteiger partial charge in [-0.1, -0.05) is 49.9 Å². The predicted molar refractivity (Wildman–Crippen MR) is 147 cm³/mol. The van der Waals surface area contributed by atoms with Gasteiger partial charge in [-0.25, -0.2) is 14.7 Å². The molecule has 0 bridgehead atoms. The Balaban J connectivity index is 1.67. The van der Waals surface area contributed by atoms with Gasteiger partial charge in [0.05, 0.1) is 28.7 Å². The monoisotopic (exact) mass is 539 g/mol. The van der Waals surface area contributed by atoms with Crippen LogP contribution in [-0.2, 0) is 14.3 Å². The molecule has 4 rings (SSSR count). The van der Waals surface area contributed by atoms with Gasteiger partial charge in [0, 0.05) is 12.0 Å². The second-order valence-corrected chi connectivity index (χ2v) is 10.3. The smallest absolute Gasteiger partial charge is 0.338 e. The molecule has 0 radical (unpaired) electrons. The van der Waals surface area contributed by atoms with Gasteiger partial charge in [-0.3, -0.25) is 9.59 Å². The zero-order chi connectivity index (χ0) is 28.3. The van der Waals surface area contributed by atoms with Crippen LogP contribution in [0.5, 0.6) is 0 Å². The molecule has 1 aliphatic heterocycles. The van der Waals surface area contributed by atoms with Crippen LogP contribution in [0.3, 0.4) is 0 Å². The molecule has 1 aromatic heterocycles. The lowest BCUT2D eigenvalue weighted by molar-refractivity contribution is -0.121. The third kappa shape index (κ3) is 5.33. The van der Waals surface area contributed by atoms with Crippen molar-refractivity contribution < 1.29 is 19.1 Å². The number of amides is 2. The SMILES string of the molecule is CCOC(=O)c1ccc(N2C(=O)CC(Sc3nc(N)c(C#N)c(-c4ccc(C(C)C)cc4)c3C#N)C2=O)cc1. The van der Waals surface area contributed by atoms with Crippen molar-refractivity contribution in [3.8, 4) is 23.3 Å². The molecule has 196 valence electrons. The summed E-state index contributed by atoms with van der Waals surface area (Å²) < 4.78 is 4.97. The summed E-state index contributed by atoms with van der Waals surface area (Å²) in [6, 6.07) is 17.7. The molecule has 1 unspecified atom stereocenters. The summed E-state index contributed by atoms with van der Waals surface area (Å²) in [6.45, 7) is 6.05. The summed E-state index contributed by atoms with van der Waals surface area (Å²) in [5.41, 5.74) is 9.00. The van der Waals surface area contributed by atoms with Gasteiger partial charge in [0.25, 0.3) is 0 Å². The number of nitriles is 2. The van der Waals surface area contributed by atoms with Gasteiger partial charge < -0.3 is 10.5 Å². The number of nitrogen functional groups attached to an aromatic ring is 1. The number of benzene rings is 2. The van der Waals surface area contributed by atoms with E-state index in [1.165, 1.54) is 24.3 Å². The molecule has 3 aromatic rings. The summed E-state index contributed by atoms with van der Waals surface area (Å²) >= 11 is 0.968. The van der Waals surface area contributed by atoms with Gasteiger partial charge in [0.2, 0.25) is 11.8 Å². The maximum absolute atomic E-state index is 13.3. The maximum Gasteiger partial charge on any atom is 0.338 e. The van der Waals surface area contributed by atoms with Crippen molar-refractivity contribution in [1.82, 2.24) is 4.98 Å². The Morgan fingerprint density at radius 2 is 1.74 bits per heavy atom. The molecular weight excluding hydrogens is 514 g/mol. The minimum atomic E-state index is -0.856. The van der Waals surface area contributed by atoms with E-state index in [1.54, 1.807) is 6.92 Å². The van der Waals surface area contributed by atoms with E-state index in [9.17, 15) is 24.9 Å². The number of carbonyl (C=O) groups is 3. The first-order chi connectivity index (χ1) is 18.7. The summed E-state index contributed by atoms with van der Waals surface area (Å²) in [6.07, 6.45) is -0.117. The quantitative estimate of drug-likeness (QED) is 0.330. The first-order valence-electron chi connectivity index (χ1n) is 12.2. The number of hydrogen-bond donors (Lipinski definition) is 1. The van der Waals surface area contributed by atoms with Crippen molar-refractivity contribution in [1.29, 1.82) is 10.5 Å². The van der Waals surface area contributed by atoms with Gasteiger partial charge >= 0.3 is 5.97 Å². The Hall–Kier alpha value is -4.67. The number of ether oxygens (including phenoxy) is 1. The summed E-state index contributed by atoms with van der Waals surface area (Å²) in [5.74, 6) is -1.17. The standard InChI is InChI=1S/C29H25N5O4S/c1-4-38-29(37)19-9-11-20(12-10-19)34-24(35)13-23(28(34)36)39-27-22(15-31)25(21(14-30)26(32)33-27)18-7-5-17(6-8-18)16(2)3/h5-12,16,23H,4,13H2,1-3H3,(H2,32,33). The summed E-state index contributed by atoms with van der Waals surface area (Å²) in [7, 11) is 0. The van der Waals surface area contributed by atoms with Crippen LogP contribution in [0.2, 0.25) is 0 Å². The minimum absolute atomic E-state index is 0.0647. The lowest BCUT2D eigenvalue weighted by Gasteiger charge is -2.17. The van der Waals surface area contributed by atoms with Crippen LogP contribution in [0.15, 0.2) is 53.6 Å². The minimum Gasteiger partial charge on any atom is -0.462 e. The van der Waals surface area contributed by atoms with Crippen LogP contribution in [0.25, 0.3) is 11.1 Å². The molecule has 2 N–H and O–H groups in total. The molecule has 1 atom stereocenters. The van der Waals surface area contributed by atoms with E-state index in [0.29, 0.717) is 28.3 Å². The zero-order valence-corrected chi connectivity index (χ0v) is 22.4. The molecule has 1 fully saturated rings. The molecule has 0 saturated carbocycles. The predicted octanol–water partition coefficient (Wildman–Crippen LogP) is 4.80. The molecule has 10 heteroatoms. The van der Waals surface area contributed by atoms with Crippen LogP contribution < -0.4 is 10.6 Å². The number of hydrogen-bond acceptors (Lipinski definition) is 9. The Morgan fingerprint density at radius 1 is 1.10 bits per heavy atom. The Morgan fingerprint density at radius 3 is 2.31 bits per heavy atom. The number of imide groups is 1. The third-order valence-corrected chi connectivity index (χ3v) is 7.45. The van der Waals surface area contributed by atoms with E-state index < -0.39 is 23.0 Å². The van der Waals surface area contributed by atoms with Gasteiger partial charge in [-0.2, -0.15) is 10.5 Å². The fraction of sp³-hybridized carbons (Fsp3) is 0.241. The first-order valence-corrected chi connectivity index (χ1v) is 13.1. The van der Waals surface area contributed by atoms with Crippen LogP contribution in [0.4, 0.5) is 11.5 Å².